The quantitative estimate of drug-likeness (QED) is 0.592. The van der Waals surface area contributed by atoms with Gasteiger partial charge in [0.15, 0.2) is 0 Å². The minimum Gasteiger partial charge on any atom is -0.269 e. The molecule has 0 aliphatic carbocycles. The van der Waals surface area contributed by atoms with E-state index in [4.69, 9.17) is 10.5 Å². The zero-order valence-corrected chi connectivity index (χ0v) is 6.02. The van der Waals surface area contributed by atoms with Crippen LogP contribution in [0.4, 0.5) is 9.41 Å². The van der Waals surface area contributed by atoms with Crippen molar-refractivity contribution in [2.45, 2.75) is 0 Å². The van der Waals surface area contributed by atoms with Gasteiger partial charge in [0.2, 0.25) is 0 Å². The molecule has 0 N–H and O–H groups in total. The van der Waals surface area contributed by atoms with E-state index in [1.165, 1.54) is 0 Å². The van der Waals surface area contributed by atoms with Crippen LogP contribution in [0.2, 0.25) is 0 Å². The number of rotatable bonds is 0. The van der Waals surface area contributed by atoms with Crippen molar-refractivity contribution < 1.29 is 9.41 Å². The van der Waals surface area contributed by atoms with Gasteiger partial charge in [-0.05, 0) is 18.2 Å². The predicted molar refractivity (Wildman–Crippen MR) is 40.9 cm³/mol. The maximum absolute atomic E-state index is 8.40. The van der Waals surface area contributed by atoms with Gasteiger partial charge < -0.3 is 0 Å². The SMILES string of the molecule is F.F.N#Cc1cccc(C#N)c1. The lowest BCUT2D eigenvalue weighted by Gasteiger charge is -1.86. The van der Waals surface area contributed by atoms with Gasteiger partial charge in [0.1, 0.15) is 0 Å². The summed E-state index contributed by atoms with van der Waals surface area (Å²) in [6, 6.07) is 10.5. The van der Waals surface area contributed by atoms with E-state index in [1.54, 1.807) is 24.3 Å². The first-order valence-corrected chi connectivity index (χ1v) is 2.77. The number of halogens is 2. The Morgan fingerprint density at radius 2 is 1.33 bits per heavy atom. The van der Waals surface area contributed by atoms with Gasteiger partial charge in [-0.25, -0.2) is 0 Å². The first kappa shape index (κ1) is 12.7. The van der Waals surface area contributed by atoms with Crippen LogP contribution >= 0.6 is 0 Å². The Kier molecular flexibility index (Phi) is 6.16. The second-order valence-electron chi connectivity index (χ2n) is 1.80. The van der Waals surface area contributed by atoms with Gasteiger partial charge in [-0.1, -0.05) is 6.07 Å². The highest BCUT2D eigenvalue weighted by Gasteiger charge is 1.90. The second-order valence-corrected chi connectivity index (χ2v) is 1.80. The summed E-state index contributed by atoms with van der Waals surface area (Å²) in [5.74, 6) is 0. The van der Waals surface area contributed by atoms with Gasteiger partial charge in [-0.2, -0.15) is 10.5 Å². The minimum atomic E-state index is 0. The van der Waals surface area contributed by atoms with Crippen molar-refractivity contribution in [3.8, 4) is 12.1 Å². The molecule has 0 amide bonds. The first-order chi connectivity index (χ1) is 4.86. The Labute approximate surface area is 68.4 Å². The van der Waals surface area contributed by atoms with Crippen molar-refractivity contribution >= 4 is 0 Å². The molecule has 1 rings (SSSR count). The third-order valence-corrected chi connectivity index (χ3v) is 1.12. The zero-order chi connectivity index (χ0) is 7.40. The number of hydrogen-bond donors (Lipinski definition) is 0. The number of hydrogen-bond acceptors (Lipinski definition) is 2. The van der Waals surface area contributed by atoms with Crippen LogP contribution in [0.5, 0.6) is 0 Å². The maximum atomic E-state index is 8.40. The summed E-state index contributed by atoms with van der Waals surface area (Å²) >= 11 is 0. The van der Waals surface area contributed by atoms with Crippen molar-refractivity contribution in [3.05, 3.63) is 35.4 Å². The van der Waals surface area contributed by atoms with E-state index < -0.39 is 0 Å². The molecule has 12 heavy (non-hydrogen) atoms. The van der Waals surface area contributed by atoms with Crippen molar-refractivity contribution in [2.75, 3.05) is 0 Å². The van der Waals surface area contributed by atoms with Gasteiger partial charge >= 0.3 is 0 Å². The largest absolute Gasteiger partial charge is 0.269 e. The molecule has 0 saturated carbocycles. The lowest BCUT2D eigenvalue weighted by molar-refractivity contribution is 1.11. The average Bonchev–Trinajstić information content (AvgIpc) is 2.05. The molecule has 4 heteroatoms. The van der Waals surface area contributed by atoms with Crippen LogP contribution < -0.4 is 0 Å². The molecule has 62 valence electrons. The average molecular weight is 168 g/mol. The summed E-state index contributed by atoms with van der Waals surface area (Å²) in [5.41, 5.74) is 1.05. The van der Waals surface area contributed by atoms with Gasteiger partial charge in [-0.15, -0.1) is 0 Å². The fraction of sp³-hybridized carbons (Fsp3) is 0. The lowest BCUT2D eigenvalue weighted by Crippen LogP contribution is -1.75. The summed E-state index contributed by atoms with van der Waals surface area (Å²) in [5, 5.41) is 16.8. The minimum absolute atomic E-state index is 0. The highest BCUT2D eigenvalue weighted by atomic mass is 19.0. The van der Waals surface area contributed by atoms with Crippen LogP contribution in [-0.2, 0) is 0 Å². The Morgan fingerprint density at radius 3 is 1.67 bits per heavy atom. The molecule has 2 nitrogen and oxygen atoms in total. The number of nitriles is 2. The van der Waals surface area contributed by atoms with E-state index >= 15 is 0 Å². The Balaban J connectivity index is 0. The van der Waals surface area contributed by atoms with Crippen molar-refractivity contribution in [1.82, 2.24) is 0 Å². The molecule has 0 spiro atoms. The van der Waals surface area contributed by atoms with Crippen molar-refractivity contribution in [1.29, 1.82) is 10.5 Å². The fourth-order valence-electron chi connectivity index (χ4n) is 0.658. The normalized spacial score (nSPS) is 6.50. The highest BCUT2D eigenvalue weighted by molar-refractivity contribution is 5.38. The molecule has 1 aromatic rings. The summed E-state index contributed by atoms with van der Waals surface area (Å²) in [4.78, 5) is 0. The van der Waals surface area contributed by atoms with Crippen LogP contribution in [-0.4, -0.2) is 0 Å². The topological polar surface area (TPSA) is 47.6 Å². The summed E-state index contributed by atoms with van der Waals surface area (Å²) in [6.45, 7) is 0. The molecule has 0 aliphatic heterocycles. The monoisotopic (exact) mass is 168 g/mol. The Morgan fingerprint density at radius 1 is 0.917 bits per heavy atom. The molecule has 0 saturated heterocycles. The molecular formula is C8H6F2N2. The van der Waals surface area contributed by atoms with E-state index in [2.05, 4.69) is 0 Å². The standard InChI is InChI=1S/C8H4N2.2FH/c9-5-7-2-1-3-8(4-7)6-10;;/h1-4H;2*1H. The van der Waals surface area contributed by atoms with Gasteiger partial charge in [0.05, 0.1) is 23.3 Å². The van der Waals surface area contributed by atoms with Gasteiger partial charge in [0.25, 0.3) is 0 Å². The molecular weight excluding hydrogens is 162 g/mol. The summed E-state index contributed by atoms with van der Waals surface area (Å²) in [7, 11) is 0. The maximum Gasteiger partial charge on any atom is 0.0992 e. The smallest absolute Gasteiger partial charge is 0.0992 e. The Bertz CT molecular complexity index is 293. The van der Waals surface area contributed by atoms with Crippen molar-refractivity contribution in [3.63, 3.8) is 0 Å². The third-order valence-electron chi connectivity index (χ3n) is 1.12. The van der Waals surface area contributed by atoms with E-state index in [1.807, 2.05) is 12.1 Å². The van der Waals surface area contributed by atoms with Gasteiger partial charge in [-0.3, -0.25) is 9.41 Å². The molecule has 0 fully saturated rings. The first-order valence-electron chi connectivity index (χ1n) is 2.77. The van der Waals surface area contributed by atoms with Gasteiger partial charge in [0, 0.05) is 0 Å². The molecule has 0 heterocycles. The van der Waals surface area contributed by atoms with E-state index in [-0.39, 0.29) is 9.41 Å². The van der Waals surface area contributed by atoms with Crippen LogP contribution in [0.25, 0.3) is 0 Å². The van der Waals surface area contributed by atoms with Crippen molar-refractivity contribution in [2.24, 2.45) is 0 Å². The predicted octanol–water partition coefficient (Wildman–Crippen LogP) is 1.73. The van der Waals surface area contributed by atoms with E-state index in [0.29, 0.717) is 11.1 Å². The Hall–Kier alpha value is -1.94. The molecule has 0 bridgehead atoms. The van der Waals surface area contributed by atoms with Crippen LogP contribution in [0.3, 0.4) is 0 Å². The summed E-state index contributed by atoms with van der Waals surface area (Å²) in [6.07, 6.45) is 0. The molecule has 0 atom stereocenters. The molecule has 0 unspecified atom stereocenters. The van der Waals surface area contributed by atoms with Crippen LogP contribution in [0, 0.1) is 22.7 Å². The summed E-state index contributed by atoms with van der Waals surface area (Å²) < 4.78 is 0. The lowest BCUT2D eigenvalue weighted by atomic mass is 10.2. The highest BCUT2D eigenvalue weighted by Crippen LogP contribution is 2.01. The molecule has 0 aromatic heterocycles. The molecule has 0 aliphatic rings. The van der Waals surface area contributed by atoms with Crippen LogP contribution in [0.15, 0.2) is 24.3 Å². The van der Waals surface area contributed by atoms with Crippen LogP contribution in [0.1, 0.15) is 11.1 Å². The molecule has 1 aromatic carbocycles. The zero-order valence-electron chi connectivity index (χ0n) is 6.02. The fourth-order valence-corrected chi connectivity index (χ4v) is 0.658. The second kappa shape index (κ2) is 5.82. The number of nitrogens with zero attached hydrogens (tertiary/aromatic N) is 2. The molecule has 0 radical (unpaired) electrons. The van der Waals surface area contributed by atoms with E-state index in [0.717, 1.165) is 0 Å². The van der Waals surface area contributed by atoms with E-state index in [9.17, 15) is 0 Å². The third kappa shape index (κ3) is 2.76. The number of benzene rings is 1.